The Hall–Kier alpha value is -2.56. The number of hydrogen-bond donors (Lipinski definition) is 1. The molecule has 140 valence electrons. The van der Waals surface area contributed by atoms with Crippen molar-refractivity contribution in [3.63, 3.8) is 0 Å². The molecule has 0 saturated carbocycles. The van der Waals surface area contributed by atoms with Gasteiger partial charge >= 0.3 is 7.48 Å². The van der Waals surface area contributed by atoms with Crippen molar-refractivity contribution in [3.8, 4) is 0 Å². The Morgan fingerprint density at radius 2 is 1.29 bits per heavy atom. The van der Waals surface area contributed by atoms with Gasteiger partial charge < -0.3 is 14.2 Å². The zero-order valence-corrected chi connectivity index (χ0v) is 16.8. The van der Waals surface area contributed by atoms with Crippen molar-refractivity contribution >= 4 is 51.0 Å². The largest absolute Gasteiger partial charge is 0.427 e. The second kappa shape index (κ2) is 5.73. The fourth-order valence-electron chi connectivity index (χ4n) is 4.03. The summed E-state index contributed by atoms with van der Waals surface area (Å²) in [6, 6.07) is 21.6. The first kappa shape index (κ1) is 17.5. The topological polar surface area (TPSA) is 33.9 Å². The average molecular weight is 369 g/mol. The van der Waals surface area contributed by atoms with Crippen LogP contribution < -0.4 is 5.46 Å². The lowest BCUT2D eigenvalue weighted by molar-refractivity contribution is -0.0893. The van der Waals surface area contributed by atoms with Gasteiger partial charge in [0.15, 0.2) is 0 Å². The van der Waals surface area contributed by atoms with E-state index in [-0.39, 0.29) is 0 Å². The van der Waals surface area contributed by atoms with Crippen LogP contribution in [0.4, 0.5) is 0 Å². The van der Waals surface area contributed by atoms with Crippen LogP contribution in [0.1, 0.15) is 27.7 Å². The minimum absolute atomic E-state index is 0.460. The molecule has 3 aromatic carbocycles. The fourth-order valence-corrected chi connectivity index (χ4v) is 4.03. The molecule has 0 unspecified atom stereocenters. The number of benzene rings is 3. The van der Waals surface area contributed by atoms with E-state index in [1.807, 2.05) is 13.8 Å². The Morgan fingerprint density at radius 3 is 1.79 bits per heavy atom. The fraction of sp³-hybridized carbons (Fsp3) is 0.250. The third-order valence-corrected chi connectivity index (χ3v) is 6.34. The molecule has 0 radical (unpaired) electrons. The molecule has 0 amide bonds. The molecule has 0 fully saturated rings. The molecule has 4 heteroatoms. The van der Waals surface area contributed by atoms with Crippen molar-refractivity contribution in [1.29, 1.82) is 0 Å². The van der Waals surface area contributed by atoms with E-state index < -0.39 is 11.2 Å². The van der Waals surface area contributed by atoms with Crippen molar-refractivity contribution in [1.82, 2.24) is 4.40 Å². The number of aromatic nitrogens is 1. The van der Waals surface area contributed by atoms with Crippen molar-refractivity contribution in [2.45, 2.75) is 38.9 Å². The first-order valence-electron chi connectivity index (χ1n) is 9.80. The summed E-state index contributed by atoms with van der Waals surface area (Å²) in [6.45, 7) is 7.46. The summed E-state index contributed by atoms with van der Waals surface area (Å²) in [5.41, 5.74) is 3.30. The first-order valence-corrected chi connectivity index (χ1v) is 9.80. The van der Waals surface area contributed by atoms with E-state index in [9.17, 15) is 5.11 Å². The number of fused-ring (bicyclic) bond motifs is 6. The number of rotatable bonds is 4. The molecule has 2 heterocycles. The second-order valence-corrected chi connectivity index (χ2v) is 8.77. The molecule has 1 N–H and O–H groups in total. The monoisotopic (exact) mass is 369 g/mol. The van der Waals surface area contributed by atoms with Gasteiger partial charge in [-0.3, -0.25) is 0 Å². The van der Waals surface area contributed by atoms with Gasteiger partial charge in [0.25, 0.3) is 0 Å². The minimum Gasteiger partial charge on any atom is -0.427 e. The van der Waals surface area contributed by atoms with Gasteiger partial charge in [-0.05, 0) is 39.8 Å². The van der Waals surface area contributed by atoms with Crippen molar-refractivity contribution in [2.75, 3.05) is 0 Å². The summed E-state index contributed by atoms with van der Waals surface area (Å²) < 4.78 is 8.54. The highest BCUT2D eigenvalue weighted by Crippen LogP contribution is 2.38. The van der Waals surface area contributed by atoms with E-state index >= 15 is 0 Å². The highest BCUT2D eigenvalue weighted by Gasteiger charge is 2.35. The van der Waals surface area contributed by atoms with Gasteiger partial charge in [0.2, 0.25) is 0 Å². The normalized spacial score (nSPS) is 13.3. The molecule has 0 aliphatic heterocycles. The molecule has 3 nitrogen and oxygen atoms in total. The maximum atomic E-state index is 10.4. The molecule has 2 aromatic heterocycles. The molecular formula is C24H24BNO2. The lowest BCUT2D eigenvalue weighted by Gasteiger charge is -2.37. The lowest BCUT2D eigenvalue weighted by atomic mass is 9.81. The zero-order valence-electron chi connectivity index (χ0n) is 16.8. The molecule has 0 aliphatic rings. The van der Waals surface area contributed by atoms with Gasteiger partial charge in [0.05, 0.1) is 27.8 Å². The van der Waals surface area contributed by atoms with Gasteiger partial charge in [-0.1, -0.05) is 54.0 Å². The summed E-state index contributed by atoms with van der Waals surface area (Å²) in [5.74, 6) is 0. The van der Waals surface area contributed by atoms with Crippen LogP contribution in [0.3, 0.4) is 0 Å². The standard InChI is InChI=1S/C24H24BNO2/c1-23(2,27)24(3,4)28-25-15-13-18-16-9-5-7-11-20(16)26-21-12-8-6-10-17(21)19(14-15)22(18)26/h5-14,25,27H,1-4H3. The van der Waals surface area contributed by atoms with E-state index in [0.717, 1.165) is 5.46 Å². The number of hydrogen-bond acceptors (Lipinski definition) is 2. The molecule has 5 aromatic rings. The molecule has 5 rings (SSSR count). The van der Waals surface area contributed by atoms with Crippen LogP contribution >= 0.6 is 0 Å². The van der Waals surface area contributed by atoms with Crippen LogP contribution in [0.15, 0.2) is 60.7 Å². The van der Waals surface area contributed by atoms with E-state index in [1.165, 1.54) is 38.1 Å². The Balaban J connectivity index is 1.76. The third kappa shape index (κ3) is 2.38. The highest BCUT2D eigenvalue weighted by molar-refractivity contribution is 6.49. The van der Waals surface area contributed by atoms with Crippen molar-refractivity contribution < 1.29 is 9.76 Å². The van der Waals surface area contributed by atoms with Gasteiger partial charge in [-0.2, -0.15) is 0 Å². The van der Waals surface area contributed by atoms with Crippen LogP contribution in [0.5, 0.6) is 0 Å². The summed E-state index contributed by atoms with van der Waals surface area (Å²) in [5, 5.41) is 15.4. The summed E-state index contributed by atoms with van der Waals surface area (Å²) >= 11 is 0. The first-order chi connectivity index (χ1) is 13.3. The molecule has 0 atom stereocenters. The molecule has 0 bridgehead atoms. The lowest BCUT2D eigenvalue weighted by Crippen LogP contribution is -2.49. The molecule has 28 heavy (non-hydrogen) atoms. The Kier molecular flexibility index (Phi) is 3.59. The third-order valence-electron chi connectivity index (χ3n) is 6.34. The van der Waals surface area contributed by atoms with Gasteiger partial charge in [0.1, 0.15) is 0 Å². The van der Waals surface area contributed by atoms with Crippen LogP contribution in [0.25, 0.3) is 38.1 Å². The number of aliphatic hydroxyl groups is 1. The minimum atomic E-state index is -0.920. The maximum absolute atomic E-state index is 10.4. The van der Waals surface area contributed by atoms with E-state index in [1.54, 1.807) is 13.8 Å². The van der Waals surface area contributed by atoms with E-state index in [4.69, 9.17) is 4.65 Å². The number of para-hydroxylation sites is 2. The highest BCUT2D eigenvalue weighted by atomic mass is 16.5. The van der Waals surface area contributed by atoms with Gasteiger partial charge in [-0.15, -0.1) is 0 Å². The number of nitrogens with zero attached hydrogens (tertiary/aromatic N) is 1. The van der Waals surface area contributed by atoms with E-state index in [2.05, 4.69) is 65.1 Å². The average Bonchev–Trinajstić information content (AvgIpc) is 3.17. The van der Waals surface area contributed by atoms with E-state index in [0.29, 0.717) is 7.48 Å². The van der Waals surface area contributed by atoms with Crippen molar-refractivity contribution in [3.05, 3.63) is 60.7 Å². The van der Waals surface area contributed by atoms with Crippen molar-refractivity contribution in [2.24, 2.45) is 0 Å². The predicted molar refractivity (Wildman–Crippen MR) is 119 cm³/mol. The summed E-state index contributed by atoms with van der Waals surface area (Å²) in [4.78, 5) is 0. The van der Waals surface area contributed by atoms with Crippen LogP contribution in [0, 0.1) is 0 Å². The SMILES string of the molecule is CC(C)(O)C(C)(C)OBc1cc2c3ccccc3n3c4ccccc4c(c1)c23. The van der Waals surface area contributed by atoms with Crippen LogP contribution in [-0.2, 0) is 4.65 Å². The Bertz CT molecular complexity index is 1240. The van der Waals surface area contributed by atoms with Crippen LogP contribution in [-0.4, -0.2) is 28.2 Å². The van der Waals surface area contributed by atoms with Gasteiger partial charge in [0, 0.05) is 21.5 Å². The molecule has 0 aliphatic carbocycles. The molecule has 0 spiro atoms. The summed E-state index contributed by atoms with van der Waals surface area (Å²) in [6.07, 6.45) is 0. The zero-order chi connectivity index (χ0) is 19.7. The summed E-state index contributed by atoms with van der Waals surface area (Å²) in [7, 11) is 0.460. The molecular weight excluding hydrogens is 345 g/mol. The quantitative estimate of drug-likeness (QED) is 0.477. The second-order valence-electron chi connectivity index (χ2n) is 8.77. The smallest absolute Gasteiger partial charge is 0.309 e. The predicted octanol–water partition coefficient (Wildman–Crippen LogP) is 4.38. The Labute approximate surface area is 165 Å². The maximum Gasteiger partial charge on any atom is 0.309 e. The Morgan fingerprint density at radius 1 is 0.786 bits per heavy atom. The molecule has 0 saturated heterocycles. The van der Waals surface area contributed by atoms with Gasteiger partial charge in [-0.25, -0.2) is 0 Å². The van der Waals surface area contributed by atoms with Crippen LogP contribution in [0.2, 0.25) is 0 Å².